The molecule has 1 fully saturated rings. The first kappa shape index (κ1) is 17.1. The lowest BCUT2D eigenvalue weighted by Crippen LogP contribution is -2.47. The summed E-state index contributed by atoms with van der Waals surface area (Å²) in [6, 6.07) is 2.54. The maximum absolute atomic E-state index is 12.7. The van der Waals surface area contributed by atoms with E-state index in [-0.39, 0.29) is 0 Å². The summed E-state index contributed by atoms with van der Waals surface area (Å²) in [6.07, 6.45) is 2.58. The quantitative estimate of drug-likeness (QED) is 0.821. The molecule has 0 saturated carbocycles. The number of aryl methyl sites for hydroxylation is 1. The minimum Gasteiger partial charge on any atom is -0.353 e. The van der Waals surface area contributed by atoms with Gasteiger partial charge in [-0.1, -0.05) is 0 Å². The Labute approximate surface area is 149 Å². The number of anilines is 2. The lowest BCUT2D eigenvalue weighted by molar-refractivity contribution is -0.137. The fourth-order valence-corrected chi connectivity index (χ4v) is 3.66. The molecular formula is C18H20F3N5. The van der Waals surface area contributed by atoms with Crippen molar-refractivity contribution in [2.24, 2.45) is 0 Å². The number of halogens is 3. The first-order valence-corrected chi connectivity index (χ1v) is 8.88. The van der Waals surface area contributed by atoms with Crippen LogP contribution >= 0.6 is 0 Å². The van der Waals surface area contributed by atoms with Crippen LogP contribution in [0.15, 0.2) is 24.7 Å². The molecule has 26 heavy (non-hydrogen) atoms. The van der Waals surface area contributed by atoms with Gasteiger partial charge in [-0.05, 0) is 37.8 Å². The second-order valence-corrected chi connectivity index (χ2v) is 6.71. The zero-order chi connectivity index (χ0) is 18.1. The molecule has 1 saturated heterocycles. The molecule has 0 unspecified atom stereocenters. The second-order valence-electron chi connectivity index (χ2n) is 6.71. The van der Waals surface area contributed by atoms with Crippen LogP contribution in [0.2, 0.25) is 0 Å². The maximum atomic E-state index is 12.7. The summed E-state index contributed by atoms with van der Waals surface area (Å²) in [5.41, 5.74) is 1.71. The molecule has 2 aliphatic rings. The van der Waals surface area contributed by atoms with Crippen LogP contribution < -0.4 is 9.80 Å². The molecule has 2 aromatic heterocycles. The standard InChI is InChI=1S/C18H20F3N5/c19-18(20,21)13-5-6-16(22-11-13)25-7-9-26(10-8-25)17-14-3-1-2-4-15(14)23-12-24-17/h5-6,11-12H,1-4,7-10H2. The van der Waals surface area contributed by atoms with Crippen molar-refractivity contribution in [1.82, 2.24) is 15.0 Å². The summed E-state index contributed by atoms with van der Waals surface area (Å²) in [5.74, 6) is 1.61. The number of rotatable bonds is 2. The van der Waals surface area contributed by atoms with Gasteiger partial charge in [-0.3, -0.25) is 0 Å². The molecule has 5 nitrogen and oxygen atoms in total. The number of hydrogen-bond acceptors (Lipinski definition) is 5. The third kappa shape index (κ3) is 3.32. The van der Waals surface area contributed by atoms with Crippen LogP contribution in [-0.2, 0) is 19.0 Å². The number of aromatic nitrogens is 3. The smallest absolute Gasteiger partial charge is 0.353 e. The zero-order valence-corrected chi connectivity index (χ0v) is 14.3. The van der Waals surface area contributed by atoms with Crippen molar-refractivity contribution >= 4 is 11.6 Å². The van der Waals surface area contributed by atoms with Gasteiger partial charge in [-0.2, -0.15) is 13.2 Å². The van der Waals surface area contributed by atoms with Gasteiger partial charge < -0.3 is 9.80 Å². The Morgan fingerprint density at radius 3 is 2.27 bits per heavy atom. The average Bonchev–Trinajstić information content (AvgIpc) is 2.67. The largest absolute Gasteiger partial charge is 0.417 e. The zero-order valence-electron chi connectivity index (χ0n) is 14.3. The van der Waals surface area contributed by atoms with Crippen molar-refractivity contribution in [3.05, 3.63) is 41.5 Å². The third-order valence-electron chi connectivity index (χ3n) is 5.08. The minimum absolute atomic E-state index is 0.586. The molecule has 8 heteroatoms. The molecule has 4 rings (SSSR count). The highest BCUT2D eigenvalue weighted by Gasteiger charge is 2.31. The Kier molecular flexibility index (Phi) is 4.42. The molecule has 0 atom stereocenters. The number of piperazine rings is 1. The first-order chi connectivity index (χ1) is 12.5. The van der Waals surface area contributed by atoms with Crippen LogP contribution in [0.5, 0.6) is 0 Å². The fourth-order valence-electron chi connectivity index (χ4n) is 3.66. The van der Waals surface area contributed by atoms with E-state index in [1.165, 1.54) is 24.5 Å². The lowest BCUT2D eigenvalue weighted by atomic mass is 9.96. The lowest BCUT2D eigenvalue weighted by Gasteiger charge is -2.37. The molecular weight excluding hydrogens is 343 g/mol. The topological polar surface area (TPSA) is 45.2 Å². The SMILES string of the molecule is FC(F)(F)c1ccc(N2CCN(c3ncnc4c3CCCC4)CC2)nc1. The Hall–Kier alpha value is -2.38. The summed E-state index contributed by atoms with van der Waals surface area (Å²) >= 11 is 0. The predicted molar refractivity (Wildman–Crippen MR) is 92.3 cm³/mol. The van der Waals surface area contributed by atoms with Crippen LogP contribution in [0, 0.1) is 0 Å². The Balaban J connectivity index is 1.45. The molecule has 2 aromatic rings. The van der Waals surface area contributed by atoms with Gasteiger partial charge in [0, 0.05) is 43.6 Å². The number of alkyl halides is 3. The van der Waals surface area contributed by atoms with E-state index >= 15 is 0 Å². The summed E-state index contributed by atoms with van der Waals surface area (Å²) < 4.78 is 38.0. The van der Waals surface area contributed by atoms with Crippen molar-refractivity contribution in [2.45, 2.75) is 31.9 Å². The number of pyridine rings is 1. The highest BCUT2D eigenvalue weighted by atomic mass is 19.4. The van der Waals surface area contributed by atoms with E-state index in [1.54, 1.807) is 6.33 Å². The molecule has 1 aliphatic heterocycles. The molecule has 0 N–H and O–H groups in total. The van der Waals surface area contributed by atoms with Crippen molar-refractivity contribution in [3.8, 4) is 0 Å². The normalized spacial score (nSPS) is 18.0. The molecule has 0 spiro atoms. The maximum Gasteiger partial charge on any atom is 0.417 e. The molecule has 138 valence electrons. The molecule has 0 amide bonds. The van der Waals surface area contributed by atoms with Gasteiger partial charge in [0.05, 0.1) is 5.56 Å². The summed E-state index contributed by atoms with van der Waals surface area (Å²) in [6.45, 7) is 2.95. The van der Waals surface area contributed by atoms with E-state index < -0.39 is 11.7 Å². The predicted octanol–water partition coefficient (Wildman–Crippen LogP) is 3.10. The van der Waals surface area contributed by atoms with Gasteiger partial charge in [0.15, 0.2) is 0 Å². The summed E-state index contributed by atoms with van der Waals surface area (Å²) in [5, 5.41) is 0. The van der Waals surface area contributed by atoms with Gasteiger partial charge in [-0.15, -0.1) is 0 Å². The van der Waals surface area contributed by atoms with E-state index in [4.69, 9.17) is 0 Å². The molecule has 3 heterocycles. The van der Waals surface area contributed by atoms with Crippen LogP contribution in [0.3, 0.4) is 0 Å². The van der Waals surface area contributed by atoms with Crippen LogP contribution in [0.25, 0.3) is 0 Å². The Morgan fingerprint density at radius 2 is 1.58 bits per heavy atom. The first-order valence-electron chi connectivity index (χ1n) is 8.88. The number of hydrogen-bond donors (Lipinski definition) is 0. The van der Waals surface area contributed by atoms with Gasteiger partial charge in [0.1, 0.15) is 18.0 Å². The molecule has 0 aromatic carbocycles. The van der Waals surface area contributed by atoms with E-state index in [0.717, 1.165) is 49.7 Å². The van der Waals surface area contributed by atoms with Crippen molar-refractivity contribution in [3.63, 3.8) is 0 Å². The van der Waals surface area contributed by atoms with Crippen molar-refractivity contribution < 1.29 is 13.2 Å². The second kappa shape index (κ2) is 6.74. The highest BCUT2D eigenvalue weighted by Crippen LogP contribution is 2.30. The Bertz CT molecular complexity index is 767. The highest BCUT2D eigenvalue weighted by molar-refractivity contribution is 5.51. The van der Waals surface area contributed by atoms with E-state index in [0.29, 0.717) is 18.9 Å². The minimum atomic E-state index is -4.35. The summed E-state index contributed by atoms with van der Waals surface area (Å²) in [4.78, 5) is 17.2. The fraction of sp³-hybridized carbons (Fsp3) is 0.500. The van der Waals surface area contributed by atoms with Crippen molar-refractivity contribution in [1.29, 1.82) is 0 Å². The van der Waals surface area contributed by atoms with E-state index in [2.05, 4.69) is 19.9 Å². The monoisotopic (exact) mass is 363 g/mol. The number of fused-ring (bicyclic) bond motifs is 1. The Morgan fingerprint density at radius 1 is 0.846 bits per heavy atom. The van der Waals surface area contributed by atoms with Gasteiger partial charge in [0.2, 0.25) is 0 Å². The van der Waals surface area contributed by atoms with Gasteiger partial charge in [0.25, 0.3) is 0 Å². The molecule has 0 radical (unpaired) electrons. The van der Waals surface area contributed by atoms with Gasteiger partial charge >= 0.3 is 6.18 Å². The van der Waals surface area contributed by atoms with Crippen LogP contribution in [0.1, 0.15) is 29.7 Å². The van der Waals surface area contributed by atoms with Crippen LogP contribution in [0.4, 0.5) is 24.8 Å². The van der Waals surface area contributed by atoms with Crippen molar-refractivity contribution in [2.75, 3.05) is 36.0 Å². The van der Waals surface area contributed by atoms with Gasteiger partial charge in [-0.25, -0.2) is 15.0 Å². The molecule has 1 aliphatic carbocycles. The van der Waals surface area contributed by atoms with E-state index in [1.807, 2.05) is 4.90 Å². The van der Waals surface area contributed by atoms with E-state index in [9.17, 15) is 13.2 Å². The summed E-state index contributed by atoms with van der Waals surface area (Å²) in [7, 11) is 0. The average molecular weight is 363 g/mol. The third-order valence-corrected chi connectivity index (χ3v) is 5.08. The number of nitrogens with zero attached hydrogens (tertiary/aromatic N) is 5. The van der Waals surface area contributed by atoms with Crippen LogP contribution in [-0.4, -0.2) is 41.1 Å². The molecule has 0 bridgehead atoms.